The fourth-order valence-electron chi connectivity index (χ4n) is 1.46. The Kier molecular flexibility index (Phi) is 5.78. The zero-order chi connectivity index (χ0) is 13.6. The first-order valence-electron chi connectivity index (χ1n) is 6.10. The predicted octanol–water partition coefficient (Wildman–Crippen LogP) is 2.25. The standard InChI is InChI=1S/C13H20O4S/c1-3-4-5-12(14)10-17-18(15,16)13-8-6-11(2)7-9-13/h6-9,12,14H,3-5,10H2,1-2H3. The van der Waals surface area contributed by atoms with Crippen LogP contribution in [-0.4, -0.2) is 26.2 Å². The normalized spacial score (nSPS) is 13.5. The summed E-state index contributed by atoms with van der Waals surface area (Å²) in [6.07, 6.45) is 1.64. The third kappa shape index (κ3) is 4.76. The molecule has 1 atom stereocenters. The molecular formula is C13H20O4S. The van der Waals surface area contributed by atoms with Crippen molar-refractivity contribution in [3.8, 4) is 0 Å². The maximum atomic E-state index is 11.8. The van der Waals surface area contributed by atoms with Gasteiger partial charge in [0.25, 0.3) is 10.1 Å². The fraction of sp³-hybridized carbons (Fsp3) is 0.538. The summed E-state index contributed by atoms with van der Waals surface area (Å²) in [5.74, 6) is 0. The highest BCUT2D eigenvalue weighted by molar-refractivity contribution is 7.86. The predicted molar refractivity (Wildman–Crippen MR) is 69.8 cm³/mol. The van der Waals surface area contributed by atoms with E-state index in [0.717, 1.165) is 18.4 Å². The summed E-state index contributed by atoms with van der Waals surface area (Å²) < 4.78 is 28.4. The van der Waals surface area contributed by atoms with Crippen molar-refractivity contribution in [2.45, 2.75) is 44.1 Å². The average Bonchev–Trinajstić information content (AvgIpc) is 2.34. The number of aliphatic hydroxyl groups is 1. The van der Waals surface area contributed by atoms with Gasteiger partial charge in [0.05, 0.1) is 17.6 Å². The Labute approximate surface area is 109 Å². The second kappa shape index (κ2) is 6.87. The van der Waals surface area contributed by atoms with Gasteiger partial charge >= 0.3 is 0 Å². The van der Waals surface area contributed by atoms with E-state index >= 15 is 0 Å². The Balaban J connectivity index is 2.57. The van der Waals surface area contributed by atoms with Gasteiger partial charge in [-0.15, -0.1) is 0 Å². The van der Waals surface area contributed by atoms with Gasteiger partial charge in [0.2, 0.25) is 0 Å². The van der Waals surface area contributed by atoms with Crippen molar-refractivity contribution in [2.75, 3.05) is 6.61 Å². The van der Waals surface area contributed by atoms with Crippen LogP contribution in [0.2, 0.25) is 0 Å². The minimum absolute atomic E-state index is 0.121. The Morgan fingerprint density at radius 1 is 1.28 bits per heavy atom. The van der Waals surface area contributed by atoms with E-state index in [2.05, 4.69) is 0 Å². The van der Waals surface area contributed by atoms with E-state index in [0.29, 0.717) is 6.42 Å². The molecule has 0 amide bonds. The lowest BCUT2D eigenvalue weighted by Crippen LogP contribution is -2.18. The molecule has 0 aliphatic rings. The molecule has 102 valence electrons. The number of benzene rings is 1. The molecule has 18 heavy (non-hydrogen) atoms. The molecule has 0 radical (unpaired) electrons. The lowest BCUT2D eigenvalue weighted by atomic mass is 10.2. The molecule has 1 N–H and O–H groups in total. The highest BCUT2D eigenvalue weighted by Gasteiger charge is 2.16. The van der Waals surface area contributed by atoms with Gasteiger partial charge in [-0.3, -0.25) is 4.18 Å². The van der Waals surface area contributed by atoms with Crippen molar-refractivity contribution in [1.29, 1.82) is 0 Å². The summed E-state index contributed by atoms with van der Waals surface area (Å²) in [7, 11) is -3.76. The van der Waals surface area contributed by atoms with Crippen LogP contribution >= 0.6 is 0 Å². The minimum atomic E-state index is -3.76. The molecule has 0 spiro atoms. The van der Waals surface area contributed by atoms with Gasteiger partial charge in [-0.1, -0.05) is 37.5 Å². The minimum Gasteiger partial charge on any atom is -0.391 e. The van der Waals surface area contributed by atoms with Gasteiger partial charge in [-0.2, -0.15) is 8.42 Å². The van der Waals surface area contributed by atoms with Gasteiger partial charge in [0, 0.05) is 0 Å². The molecule has 1 aromatic carbocycles. The van der Waals surface area contributed by atoms with E-state index in [9.17, 15) is 13.5 Å². The van der Waals surface area contributed by atoms with Gasteiger partial charge in [0.1, 0.15) is 0 Å². The molecule has 0 heterocycles. The average molecular weight is 272 g/mol. The van der Waals surface area contributed by atoms with Gasteiger partial charge in [0.15, 0.2) is 0 Å². The number of unbranched alkanes of at least 4 members (excludes halogenated alkanes) is 1. The van der Waals surface area contributed by atoms with Crippen LogP contribution in [-0.2, 0) is 14.3 Å². The van der Waals surface area contributed by atoms with Gasteiger partial charge < -0.3 is 5.11 Å². The summed E-state index contributed by atoms with van der Waals surface area (Å²) in [4.78, 5) is 0.121. The van der Waals surface area contributed by atoms with E-state index in [1.807, 2.05) is 13.8 Å². The zero-order valence-corrected chi connectivity index (χ0v) is 11.6. The smallest absolute Gasteiger partial charge is 0.297 e. The maximum absolute atomic E-state index is 11.8. The van der Waals surface area contributed by atoms with Gasteiger partial charge in [-0.25, -0.2) is 0 Å². The second-order valence-electron chi connectivity index (χ2n) is 4.35. The van der Waals surface area contributed by atoms with Crippen LogP contribution in [0, 0.1) is 6.92 Å². The van der Waals surface area contributed by atoms with Crippen LogP contribution in [0.3, 0.4) is 0 Å². The van der Waals surface area contributed by atoms with Crippen molar-refractivity contribution in [3.05, 3.63) is 29.8 Å². The first kappa shape index (κ1) is 15.1. The molecule has 0 saturated heterocycles. The first-order valence-corrected chi connectivity index (χ1v) is 7.50. The number of hydrogen-bond acceptors (Lipinski definition) is 4. The number of aryl methyl sites for hydroxylation is 1. The van der Waals surface area contributed by atoms with Crippen molar-refractivity contribution in [3.63, 3.8) is 0 Å². The van der Waals surface area contributed by atoms with Crippen LogP contribution in [0.15, 0.2) is 29.2 Å². The fourth-order valence-corrected chi connectivity index (χ4v) is 2.41. The summed E-state index contributed by atoms with van der Waals surface area (Å²) in [5, 5.41) is 9.55. The Hall–Kier alpha value is -0.910. The largest absolute Gasteiger partial charge is 0.391 e. The van der Waals surface area contributed by atoms with Crippen LogP contribution < -0.4 is 0 Å². The lowest BCUT2D eigenvalue weighted by Gasteiger charge is -2.10. The molecule has 5 heteroatoms. The lowest BCUT2D eigenvalue weighted by molar-refractivity contribution is 0.101. The zero-order valence-electron chi connectivity index (χ0n) is 10.8. The number of aliphatic hydroxyl groups excluding tert-OH is 1. The van der Waals surface area contributed by atoms with Crippen molar-refractivity contribution >= 4 is 10.1 Å². The van der Waals surface area contributed by atoms with E-state index in [-0.39, 0.29) is 11.5 Å². The van der Waals surface area contributed by atoms with Crippen molar-refractivity contribution in [1.82, 2.24) is 0 Å². The van der Waals surface area contributed by atoms with Crippen LogP contribution in [0.1, 0.15) is 31.7 Å². The molecule has 0 saturated carbocycles. The third-order valence-electron chi connectivity index (χ3n) is 2.62. The molecule has 1 unspecified atom stereocenters. The molecule has 0 aliphatic carbocycles. The molecule has 4 nitrogen and oxygen atoms in total. The Morgan fingerprint density at radius 3 is 2.44 bits per heavy atom. The molecule has 0 aromatic heterocycles. The highest BCUT2D eigenvalue weighted by atomic mass is 32.2. The van der Waals surface area contributed by atoms with E-state index in [1.165, 1.54) is 12.1 Å². The second-order valence-corrected chi connectivity index (χ2v) is 5.96. The topological polar surface area (TPSA) is 63.6 Å². The molecular weight excluding hydrogens is 252 g/mol. The molecule has 0 fully saturated rings. The van der Waals surface area contributed by atoms with Crippen LogP contribution in [0.25, 0.3) is 0 Å². The van der Waals surface area contributed by atoms with E-state index < -0.39 is 16.2 Å². The monoisotopic (exact) mass is 272 g/mol. The highest BCUT2D eigenvalue weighted by Crippen LogP contribution is 2.14. The number of rotatable bonds is 7. The molecule has 0 aliphatic heterocycles. The Bertz CT molecular complexity index is 450. The third-order valence-corrected chi connectivity index (χ3v) is 3.91. The van der Waals surface area contributed by atoms with Crippen LogP contribution in [0.4, 0.5) is 0 Å². The number of hydrogen-bond donors (Lipinski definition) is 1. The molecule has 1 aromatic rings. The summed E-state index contributed by atoms with van der Waals surface area (Å²) >= 11 is 0. The maximum Gasteiger partial charge on any atom is 0.297 e. The first-order chi connectivity index (χ1) is 8.45. The quantitative estimate of drug-likeness (QED) is 0.773. The summed E-state index contributed by atoms with van der Waals surface area (Å²) in [6.45, 7) is 3.71. The summed E-state index contributed by atoms with van der Waals surface area (Å²) in [5.41, 5.74) is 0.983. The van der Waals surface area contributed by atoms with Gasteiger partial charge in [-0.05, 0) is 25.5 Å². The SMILES string of the molecule is CCCCC(O)COS(=O)(=O)c1ccc(C)cc1. The van der Waals surface area contributed by atoms with E-state index in [1.54, 1.807) is 12.1 Å². The molecule has 0 bridgehead atoms. The van der Waals surface area contributed by atoms with Crippen molar-refractivity contribution < 1.29 is 17.7 Å². The van der Waals surface area contributed by atoms with Crippen molar-refractivity contribution in [2.24, 2.45) is 0 Å². The molecule has 1 rings (SSSR count). The van der Waals surface area contributed by atoms with E-state index in [4.69, 9.17) is 4.18 Å². The Morgan fingerprint density at radius 2 is 1.89 bits per heavy atom. The van der Waals surface area contributed by atoms with Crippen LogP contribution in [0.5, 0.6) is 0 Å². The summed E-state index contributed by atoms with van der Waals surface area (Å²) in [6, 6.07) is 6.43.